The number of nitrogens with one attached hydrogen (secondary N) is 1. The maximum atomic E-state index is 11.2. The average Bonchev–Trinajstić information content (AvgIpc) is 2.80. The normalized spacial score (nSPS) is 32.0. The van der Waals surface area contributed by atoms with Crippen molar-refractivity contribution in [2.75, 3.05) is 18.1 Å². The molecule has 0 aromatic carbocycles. The molecule has 0 spiro atoms. The molecule has 1 saturated carbocycles. The zero-order valence-electron chi connectivity index (χ0n) is 10.2. The minimum absolute atomic E-state index is 0.510. The van der Waals surface area contributed by atoms with Gasteiger partial charge in [-0.3, -0.25) is 4.21 Å². The summed E-state index contributed by atoms with van der Waals surface area (Å²) in [6.45, 7) is 1.17. The van der Waals surface area contributed by atoms with Crippen LogP contribution in [0.25, 0.3) is 0 Å². The average molecular weight is 243 g/mol. The van der Waals surface area contributed by atoms with Gasteiger partial charge in [0.25, 0.3) is 0 Å². The summed E-state index contributed by atoms with van der Waals surface area (Å²) in [6, 6.07) is 0.654. The molecule has 2 rings (SSSR count). The third-order valence-electron chi connectivity index (χ3n) is 4.08. The Balaban J connectivity index is 1.49. The largest absolute Gasteiger partial charge is 0.314 e. The fraction of sp³-hybridized carbons (Fsp3) is 1.00. The minimum atomic E-state index is -0.510. The molecule has 1 N–H and O–H groups in total. The van der Waals surface area contributed by atoms with Gasteiger partial charge in [0, 0.05) is 28.3 Å². The Labute approximate surface area is 102 Å². The highest BCUT2D eigenvalue weighted by atomic mass is 32.2. The summed E-state index contributed by atoms with van der Waals surface area (Å²) in [6.07, 6.45) is 10.9. The van der Waals surface area contributed by atoms with Crippen molar-refractivity contribution in [1.82, 2.24) is 5.32 Å². The molecule has 0 radical (unpaired) electrons. The summed E-state index contributed by atoms with van der Waals surface area (Å²) in [5.74, 6) is 2.86. The van der Waals surface area contributed by atoms with Crippen LogP contribution in [0.4, 0.5) is 0 Å². The monoisotopic (exact) mass is 243 g/mol. The van der Waals surface area contributed by atoms with Gasteiger partial charge in [0.2, 0.25) is 0 Å². The van der Waals surface area contributed by atoms with Gasteiger partial charge in [-0.25, -0.2) is 0 Å². The first kappa shape index (κ1) is 12.6. The van der Waals surface area contributed by atoms with Crippen LogP contribution in [-0.4, -0.2) is 28.3 Å². The van der Waals surface area contributed by atoms with Crippen molar-refractivity contribution in [2.45, 2.75) is 57.4 Å². The summed E-state index contributed by atoms with van der Waals surface area (Å²) in [7, 11) is -0.510. The van der Waals surface area contributed by atoms with Crippen molar-refractivity contribution in [3.05, 3.63) is 0 Å². The van der Waals surface area contributed by atoms with Gasteiger partial charge in [-0.05, 0) is 38.1 Å². The molecule has 1 saturated heterocycles. The van der Waals surface area contributed by atoms with Gasteiger partial charge in [0.05, 0.1) is 0 Å². The van der Waals surface area contributed by atoms with Crippen LogP contribution in [0.15, 0.2) is 0 Å². The van der Waals surface area contributed by atoms with E-state index in [1.54, 1.807) is 0 Å². The Bertz CT molecular complexity index is 216. The summed E-state index contributed by atoms with van der Waals surface area (Å²) >= 11 is 0. The molecule has 0 aromatic rings. The second kappa shape index (κ2) is 6.75. The Morgan fingerprint density at radius 3 is 2.44 bits per heavy atom. The third-order valence-corrected chi connectivity index (χ3v) is 5.47. The van der Waals surface area contributed by atoms with Gasteiger partial charge in [-0.15, -0.1) is 0 Å². The van der Waals surface area contributed by atoms with E-state index in [1.165, 1.54) is 45.1 Å². The molecule has 2 nitrogen and oxygen atoms in total. The summed E-state index contributed by atoms with van der Waals surface area (Å²) < 4.78 is 11.2. The van der Waals surface area contributed by atoms with Gasteiger partial charge in [0.1, 0.15) is 0 Å². The molecule has 2 fully saturated rings. The smallest absolute Gasteiger partial charge is 0.0249 e. The van der Waals surface area contributed by atoms with E-state index >= 15 is 0 Å². The van der Waals surface area contributed by atoms with Crippen LogP contribution in [0.1, 0.15) is 51.4 Å². The summed E-state index contributed by atoms with van der Waals surface area (Å²) in [4.78, 5) is 0. The van der Waals surface area contributed by atoms with Crippen LogP contribution in [0.2, 0.25) is 0 Å². The molecule has 1 aliphatic carbocycles. The Morgan fingerprint density at radius 1 is 1.06 bits per heavy atom. The molecule has 0 bridgehead atoms. The van der Waals surface area contributed by atoms with E-state index in [-0.39, 0.29) is 0 Å². The van der Waals surface area contributed by atoms with Crippen LogP contribution in [-0.2, 0) is 10.8 Å². The Morgan fingerprint density at radius 2 is 1.75 bits per heavy atom. The molecule has 16 heavy (non-hydrogen) atoms. The van der Waals surface area contributed by atoms with Crippen molar-refractivity contribution in [3.63, 3.8) is 0 Å². The highest BCUT2D eigenvalue weighted by Crippen LogP contribution is 2.28. The minimum Gasteiger partial charge on any atom is -0.314 e. The molecular formula is C13H25NOS. The highest BCUT2D eigenvalue weighted by molar-refractivity contribution is 7.85. The van der Waals surface area contributed by atoms with E-state index in [2.05, 4.69) is 5.32 Å². The van der Waals surface area contributed by atoms with Crippen molar-refractivity contribution >= 4 is 10.8 Å². The Kier molecular flexibility index (Phi) is 5.30. The maximum Gasteiger partial charge on any atom is 0.0249 e. The second-order valence-electron chi connectivity index (χ2n) is 5.37. The zero-order valence-corrected chi connectivity index (χ0v) is 11.1. The van der Waals surface area contributed by atoms with Crippen molar-refractivity contribution < 1.29 is 4.21 Å². The number of hydrogen-bond acceptors (Lipinski definition) is 2. The predicted octanol–water partition coefficient (Wildman–Crippen LogP) is 2.46. The molecule has 1 heterocycles. The maximum absolute atomic E-state index is 11.2. The highest BCUT2D eigenvalue weighted by Gasteiger charge is 2.17. The molecule has 3 heteroatoms. The molecular weight excluding hydrogens is 218 g/mol. The van der Waals surface area contributed by atoms with Gasteiger partial charge in [-0.2, -0.15) is 0 Å². The van der Waals surface area contributed by atoms with Crippen molar-refractivity contribution in [3.8, 4) is 0 Å². The summed E-state index contributed by atoms with van der Waals surface area (Å²) in [5, 5.41) is 3.63. The standard InChI is InChI=1S/C13H25NOS/c15-16-10-7-13(8-11-16)14-9-3-6-12-4-1-2-5-12/h12-14H,1-11H2. The van der Waals surface area contributed by atoms with E-state index < -0.39 is 10.8 Å². The van der Waals surface area contributed by atoms with Crippen molar-refractivity contribution in [1.29, 1.82) is 0 Å². The quantitative estimate of drug-likeness (QED) is 0.752. The molecule has 0 unspecified atom stereocenters. The van der Waals surface area contributed by atoms with Gasteiger partial charge in [0.15, 0.2) is 0 Å². The molecule has 1 aliphatic heterocycles. The van der Waals surface area contributed by atoms with E-state index in [0.717, 1.165) is 30.3 Å². The molecule has 94 valence electrons. The first-order valence-corrected chi connectivity index (χ1v) is 8.42. The zero-order chi connectivity index (χ0) is 11.2. The van der Waals surface area contributed by atoms with Crippen LogP contribution >= 0.6 is 0 Å². The van der Waals surface area contributed by atoms with E-state index in [9.17, 15) is 4.21 Å². The SMILES string of the molecule is O=S1CCC(NCCCC2CCCC2)CC1. The first-order chi connectivity index (χ1) is 7.84. The molecule has 0 amide bonds. The lowest BCUT2D eigenvalue weighted by atomic mass is 10.0. The van der Waals surface area contributed by atoms with Crippen LogP contribution in [0.5, 0.6) is 0 Å². The van der Waals surface area contributed by atoms with E-state index in [1.807, 2.05) is 0 Å². The number of rotatable bonds is 5. The van der Waals surface area contributed by atoms with Gasteiger partial charge in [-0.1, -0.05) is 25.7 Å². The van der Waals surface area contributed by atoms with E-state index in [4.69, 9.17) is 0 Å². The lowest BCUT2D eigenvalue weighted by Gasteiger charge is -2.22. The van der Waals surface area contributed by atoms with Crippen LogP contribution in [0, 0.1) is 5.92 Å². The first-order valence-electron chi connectivity index (χ1n) is 6.93. The lowest BCUT2D eigenvalue weighted by molar-refractivity contribution is 0.430. The lowest BCUT2D eigenvalue weighted by Crippen LogP contribution is -2.36. The fourth-order valence-electron chi connectivity index (χ4n) is 2.99. The third kappa shape index (κ3) is 4.17. The topological polar surface area (TPSA) is 29.1 Å². The van der Waals surface area contributed by atoms with Crippen molar-refractivity contribution in [2.24, 2.45) is 5.92 Å². The summed E-state index contributed by atoms with van der Waals surface area (Å²) in [5.41, 5.74) is 0. The van der Waals surface area contributed by atoms with Gasteiger partial charge < -0.3 is 5.32 Å². The molecule has 2 aliphatic rings. The second-order valence-corrected chi connectivity index (χ2v) is 7.07. The van der Waals surface area contributed by atoms with Gasteiger partial charge >= 0.3 is 0 Å². The van der Waals surface area contributed by atoms with E-state index in [0.29, 0.717) is 6.04 Å². The molecule has 0 atom stereocenters. The number of hydrogen-bond donors (Lipinski definition) is 1. The fourth-order valence-corrected chi connectivity index (χ4v) is 4.29. The van der Waals surface area contributed by atoms with Crippen LogP contribution < -0.4 is 5.32 Å². The Hall–Kier alpha value is 0.110. The molecule has 0 aromatic heterocycles. The van der Waals surface area contributed by atoms with Crippen LogP contribution in [0.3, 0.4) is 0 Å². The predicted molar refractivity (Wildman–Crippen MR) is 70.1 cm³/mol.